The Hall–Kier alpha value is -2.43. The topological polar surface area (TPSA) is 64.0 Å². The Bertz CT molecular complexity index is 705. The molecule has 1 fully saturated rings. The second kappa shape index (κ2) is 6.56. The number of hydrogen-bond donors (Lipinski definition) is 1. The van der Waals surface area contributed by atoms with Crippen LogP contribution in [0.1, 0.15) is 30.0 Å². The lowest BCUT2D eigenvalue weighted by molar-refractivity contribution is -0.120. The first-order chi connectivity index (χ1) is 10.7. The normalized spacial score (nSPS) is 13.8. The zero-order valence-electron chi connectivity index (χ0n) is 12.4. The van der Waals surface area contributed by atoms with Crippen LogP contribution in [-0.4, -0.2) is 22.0 Å². The molecule has 1 aliphatic carbocycles. The highest BCUT2D eigenvalue weighted by atomic mass is 16.1. The van der Waals surface area contributed by atoms with Crippen molar-refractivity contribution in [3.63, 3.8) is 0 Å². The molecule has 3 rings (SSSR count). The van der Waals surface area contributed by atoms with Gasteiger partial charge in [0.2, 0.25) is 5.91 Å². The van der Waals surface area contributed by atoms with Crippen LogP contribution in [0.15, 0.2) is 47.5 Å². The van der Waals surface area contributed by atoms with Crippen LogP contribution in [0.2, 0.25) is 0 Å². The number of hydrogen-bond acceptors (Lipinski definition) is 3. The van der Waals surface area contributed by atoms with Crippen molar-refractivity contribution in [1.29, 1.82) is 0 Å². The molecule has 0 spiro atoms. The Morgan fingerprint density at radius 2 is 2.05 bits per heavy atom. The number of nitrogens with one attached hydrogen (secondary N) is 1. The van der Waals surface area contributed by atoms with E-state index in [9.17, 15) is 9.59 Å². The van der Waals surface area contributed by atoms with Gasteiger partial charge in [0, 0.05) is 25.1 Å². The average Bonchev–Trinajstić information content (AvgIpc) is 3.34. The molecule has 22 heavy (non-hydrogen) atoms. The maximum Gasteiger partial charge on any atom is 0.253 e. The predicted octanol–water partition coefficient (Wildman–Crippen LogP) is 1.48. The number of rotatable bonds is 6. The monoisotopic (exact) mass is 297 g/mol. The summed E-state index contributed by atoms with van der Waals surface area (Å²) in [5, 5.41) is 2.83. The minimum atomic E-state index is -0.0470. The SMILES string of the molecule is O=C(Cc1ccccc1)NCCn1cnc(C2CC2)cc1=O. The third-order valence-corrected chi connectivity index (χ3v) is 3.78. The van der Waals surface area contributed by atoms with E-state index in [4.69, 9.17) is 0 Å². The van der Waals surface area contributed by atoms with Gasteiger partial charge in [0.1, 0.15) is 0 Å². The summed E-state index contributed by atoms with van der Waals surface area (Å²) in [5.74, 6) is 0.440. The van der Waals surface area contributed by atoms with Crippen LogP contribution >= 0.6 is 0 Å². The van der Waals surface area contributed by atoms with Crippen LogP contribution in [0.25, 0.3) is 0 Å². The Labute approximate surface area is 129 Å². The summed E-state index contributed by atoms with van der Waals surface area (Å²) in [6, 6.07) is 11.2. The summed E-state index contributed by atoms with van der Waals surface area (Å²) in [4.78, 5) is 28.1. The second-order valence-corrected chi connectivity index (χ2v) is 5.63. The molecule has 1 N–H and O–H groups in total. The third-order valence-electron chi connectivity index (χ3n) is 3.78. The number of carbonyl (C=O) groups is 1. The van der Waals surface area contributed by atoms with Crippen LogP contribution in [0.3, 0.4) is 0 Å². The summed E-state index contributed by atoms with van der Waals surface area (Å²) >= 11 is 0. The van der Waals surface area contributed by atoms with Crippen molar-refractivity contribution in [2.45, 2.75) is 31.7 Å². The van der Waals surface area contributed by atoms with Gasteiger partial charge in [-0.2, -0.15) is 0 Å². The third kappa shape index (κ3) is 3.81. The Balaban J connectivity index is 1.48. The summed E-state index contributed by atoms with van der Waals surface area (Å²) in [5.41, 5.74) is 1.83. The molecule has 0 saturated heterocycles. The first-order valence-corrected chi connectivity index (χ1v) is 7.59. The lowest BCUT2D eigenvalue weighted by Crippen LogP contribution is -2.31. The van der Waals surface area contributed by atoms with Crippen molar-refractivity contribution in [1.82, 2.24) is 14.9 Å². The van der Waals surface area contributed by atoms with Gasteiger partial charge in [0.05, 0.1) is 18.4 Å². The molecule has 0 atom stereocenters. The van der Waals surface area contributed by atoms with E-state index < -0.39 is 0 Å². The molecule has 0 bridgehead atoms. The molecular formula is C17H19N3O2. The van der Waals surface area contributed by atoms with Gasteiger partial charge in [-0.3, -0.25) is 14.2 Å². The summed E-state index contributed by atoms with van der Waals surface area (Å²) < 4.78 is 1.54. The average molecular weight is 297 g/mol. The molecular weight excluding hydrogens is 278 g/mol. The van der Waals surface area contributed by atoms with Crippen molar-refractivity contribution in [2.24, 2.45) is 0 Å². The van der Waals surface area contributed by atoms with Crippen LogP contribution in [0.5, 0.6) is 0 Å². The van der Waals surface area contributed by atoms with E-state index in [1.54, 1.807) is 12.4 Å². The van der Waals surface area contributed by atoms with Gasteiger partial charge < -0.3 is 5.32 Å². The highest BCUT2D eigenvalue weighted by Gasteiger charge is 2.25. The minimum Gasteiger partial charge on any atom is -0.354 e. The van der Waals surface area contributed by atoms with Gasteiger partial charge in [-0.05, 0) is 18.4 Å². The molecule has 5 heteroatoms. The summed E-state index contributed by atoms with van der Waals surface area (Å²) in [7, 11) is 0. The van der Waals surface area contributed by atoms with E-state index in [0.29, 0.717) is 25.4 Å². The van der Waals surface area contributed by atoms with E-state index in [1.165, 1.54) is 4.57 Å². The fourth-order valence-electron chi connectivity index (χ4n) is 2.37. The van der Waals surface area contributed by atoms with Crippen molar-refractivity contribution < 1.29 is 4.79 Å². The van der Waals surface area contributed by atoms with Crippen molar-refractivity contribution in [3.05, 3.63) is 64.3 Å². The maximum atomic E-state index is 11.9. The number of nitrogens with zero attached hydrogens (tertiary/aromatic N) is 2. The van der Waals surface area contributed by atoms with E-state index >= 15 is 0 Å². The van der Waals surface area contributed by atoms with Gasteiger partial charge in [-0.1, -0.05) is 30.3 Å². The van der Waals surface area contributed by atoms with Crippen LogP contribution in [-0.2, 0) is 17.8 Å². The van der Waals surface area contributed by atoms with Gasteiger partial charge in [-0.25, -0.2) is 4.98 Å². The zero-order valence-corrected chi connectivity index (χ0v) is 12.4. The van der Waals surface area contributed by atoms with E-state index in [2.05, 4.69) is 10.3 Å². The van der Waals surface area contributed by atoms with E-state index in [1.807, 2.05) is 30.3 Å². The minimum absolute atomic E-state index is 0.0400. The quantitative estimate of drug-likeness (QED) is 0.878. The molecule has 0 aliphatic heterocycles. The molecule has 0 unspecified atom stereocenters. The fourth-order valence-corrected chi connectivity index (χ4v) is 2.37. The lowest BCUT2D eigenvalue weighted by atomic mass is 10.1. The number of aromatic nitrogens is 2. The van der Waals surface area contributed by atoms with Crippen LogP contribution in [0, 0.1) is 0 Å². The largest absolute Gasteiger partial charge is 0.354 e. The fraction of sp³-hybridized carbons (Fsp3) is 0.353. The molecule has 2 aromatic rings. The first kappa shape index (κ1) is 14.5. The molecule has 0 radical (unpaired) electrons. The first-order valence-electron chi connectivity index (χ1n) is 7.59. The van der Waals surface area contributed by atoms with Crippen molar-refractivity contribution in [3.8, 4) is 0 Å². The Kier molecular flexibility index (Phi) is 4.32. The van der Waals surface area contributed by atoms with Crippen molar-refractivity contribution in [2.75, 3.05) is 6.54 Å². The number of amides is 1. The number of benzene rings is 1. The van der Waals surface area contributed by atoms with Crippen molar-refractivity contribution >= 4 is 5.91 Å². The molecule has 1 aromatic carbocycles. The zero-order chi connectivity index (χ0) is 15.4. The van der Waals surface area contributed by atoms with Gasteiger partial charge in [-0.15, -0.1) is 0 Å². The van der Waals surface area contributed by atoms with Crippen LogP contribution < -0.4 is 10.9 Å². The molecule has 114 valence electrons. The molecule has 1 amide bonds. The molecule has 1 aliphatic rings. The lowest BCUT2D eigenvalue weighted by Gasteiger charge is -2.08. The molecule has 5 nitrogen and oxygen atoms in total. The second-order valence-electron chi connectivity index (χ2n) is 5.63. The van der Waals surface area contributed by atoms with Gasteiger partial charge >= 0.3 is 0 Å². The predicted molar refractivity (Wildman–Crippen MR) is 83.6 cm³/mol. The van der Waals surface area contributed by atoms with Gasteiger partial charge in [0.15, 0.2) is 0 Å². The number of carbonyl (C=O) groups excluding carboxylic acids is 1. The smallest absolute Gasteiger partial charge is 0.253 e. The van der Waals surface area contributed by atoms with Crippen LogP contribution in [0.4, 0.5) is 0 Å². The molecule has 1 heterocycles. The van der Waals surface area contributed by atoms with E-state index in [0.717, 1.165) is 24.1 Å². The Morgan fingerprint density at radius 3 is 2.73 bits per heavy atom. The maximum absolute atomic E-state index is 11.9. The Morgan fingerprint density at radius 1 is 1.27 bits per heavy atom. The molecule has 1 saturated carbocycles. The molecule has 1 aromatic heterocycles. The highest BCUT2D eigenvalue weighted by Crippen LogP contribution is 2.38. The summed E-state index contributed by atoms with van der Waals surface area (Å²) in [6.45, 7) is 0.868. The van der Waals surface area contributed by atoms with Gasteiger partial charge in [0.25, 0.3) is 5.56 Å². The highest BCUT2D eigenvalue weighted by molar-refractivity contribution is 5.78. The van der Waals surface area contributed by atoms with E-state index in [-0.39, 0.29) is 11.5 Å². The summed E-state index contributed by atoms with van der Waals surface area (Å²) in [6.07, 6.45) is 4.20. The standard InChI is InChI=1S/C17H19N3O2/c21-16(10-13-4-2-1-3-5-13)18-8-9-20-12-19-15(11-17(20)22)14-6-7-14/h1-5,11-12,14H,6-10H2,(H,18,21).